The molecule has 0 fully saturated rings. The van der Waals surface area contributed by atoms with E-state index in [2.05, 4.69) is 31.2 Å². The number of rotatable bonds is 5. The van der Waals surface area contributed by atoms with Crippen LogP contribution in [0.25, 0.3) is 11.3 Å². The van der Waals surface area contributed by atoms with E-state index in [-0.39, 0.29) is 0 Å². The summed E-state index contributed by atoms with van der Waals surface area (Å²) in [7, 11) is 0. The zero-order chi connectivity index (χ0) is 14.7. The summed E-state index contributed by atoms with van der Waals surface area (Å²) in [6.45, 7) is 0.461. The number of benzene rings is 1. The van der Waals surface area contributed by atoms with E-state index in [9.17, 15) is 0 Å². The minimum atomic E-state index is 0.461. The van der Waals surface area contributed by atoms with Crippen molar-refractivity contribution in [1.29, 1.82) is 0 Å². The standard InChI is InChI=1S/C14H12BrClN4O/c15-6-5-12-8-20(19-18-12)9-14-17-7-13(21-14)10-1-3-11(16)4-2-10/h1-4,7-8H,5-6,9H2. The van der Waals surface area contributed by atoms with Gasteiger partial charge in [-0.1, -0.05) is 32.7 Å². The van der Waals surface area contributed by atoms with Crippen LogP contribution in [0, 0.1) is 0 Å². The van der Waals surface area contributed by atoms with Gasteiger partial charge in [-0.25, -0.2) is 9.67 Å². The van der Waals surface area contributed by atoms with E-state index in [1.165, 1.54) is 0 Å². The number of nitrogens with zero attached hydrogens (tertiary/aromatic N) is 4. The fourth-order valence-corrected chi connectivity index (χ4v) is 2.43. The molecule has 2 aromatic heterocycles. The van der Waals surface area contributed by atoms with Crippen molar-refractivity contribution < 1.29 is 4.42 Å². The molecular formula is C14H12BrClN4O. The third kappa shape index (κ3) is 3.51. The molecule has 0 saturated heterocycles. The Hall–Kier alpha value is -1.66. The van der Waals surface area contributed by atoms with Gasteiger partial charge in [0.05, 0.1) is 11.9 Å². The van der Waals surface area contributed by atoms with Gasteiger partial charge in [-0.3, -0.25) is 0 Å². The van der Waals surface area contributed by atoms with E-state index in [0.717, 1.165) is 23.0 Å². The van der Waals surface area contributed by atoms with E-state index in [1.54, 1.807) is 10.9 Å². The van der Waals surface area contributed by atoms with Crippen LogP contribution in [0.5, 0.6) is 0 Å². The molecule has 0 atom stereocenters. The van der Waals surface area contributed by atoms with Crippen molar-refractivity contribution in [3.8, 4) is 11.3 Å². The SMILES string of the molecule is Clc1ccc(-c2cnc(Cn3cc(CCBr)nn3)o2)cc1. The van der Waals surface area contributed by atoms with Gasteiger partial charge in [-0.15, -0.1) is 5.10 Å². The molecule has 0 spiro atoms. The van der Waals surface area contributed by atoms with Crippen LogP contribution < -0.4 is 0 Å². The smallest absolute Gasteiger partial charge is 0.216 e. The van der Waals surface area contributed by atoms with Crippen LogP contribution in [-0.2, 0) is 13.0 Å². The van der Waals surface area contributed by atoms with E-state index in [4.69, 9.17) is 16.0 Å². The third-order valence-corrected chi connectivity index (χ3v) is 3.56. The minimum absolute atomic E-state index is 0.461. The first-order valence-corrected chi connectivity index (χ1v) is 7.90. The van der Waals surface area contributed by atoms with Crippen molar-refractivity contribution in [2.45, 2.75) is 13.0 Å². The second kappa shape index (κ2) is 6.41. The predicted molar refractivity (Wildman–Crippen MR) is 83.6 cm³/mol. The van der Waals surface area contributed by atoms with Gasteiger partial charge in [0.15, 0.2) is 5.76 Å². The summed E-state index contributed by atoms with van der Waals surface area (Å²) >= 11 is 9.25. The summed E-state index contributed by atoms with van der Waals surface area (Å²) in [5.74, 6) is 1.30. The largest absolute Gasteiger partial charge is 0.439 e. The highest BCUT2D eigenvalue weighted by Gasteiger charge is 2.08. The van der Waals surface area contributed by atoms with E-state index >= 15 is 0 Å². The van der Waals surface area contributed by atoms with Gasteiger partial charge in [0, 0.05) is 28.5 Å². The summed E-state index contributed by atoms with van der Waals surface area (Å²) in [6.07, 6.45) is 4.45. The molecule has 0 saturated carbocycles. The normalized spacial score (nSPS) is 11.0. The first-order valence-electron chi connectivity index (χ1n) is 6.40. The van der Waals surface area contributed by atoms with E-state index in [1.807, 2.05) is 30.5 Å². The molecule has 108 valence electrons. The topological polar surface area (TPSA) is 56.7 Å². The van der Waals surface area contributed by atoms with Crippen molar-refractivity contribution in [2.75, 3.05) is 5.33 Å². The molecule has 1 aromatic carbocycles. The highest BCUT2D eigenvalue weighted by molar-refractivity contribution is 9.09. The fourth-order valence-electron chi connectivity index (χ4n) is 1.90. The molecule has 0 aliphatic rings. The zero-order valence-electron chi connectivity index (χ0n) is 11.0. The Morgan fingerprint density at radius 2 is 2.05 bits per heavy atom. The molecule has 3 rings (SSSR count). The molecule has 0 aliphatic carbocycles. The molecule has 0 N–H and O–H groups in total. The summed E-state index contributed by atoms with van der Waals surface area (Å²) in [5.41, 5.74) is 1.88. The zero-order valence-corrected chi connectivity index (χ0v) is 13.4. The van der Waals surface area contributed by atoms with Gasteiger partial charge in [-0.05, 0) is 24.3 Å². The van der Waals surface area contributed by atoms with E-state index in [0.29, 0.717) is 23.2 Å². The number of oxazole rings is 1. The minimum Gasteiger partial charge on any atom is -0.439 e. The molecule has 0 bridgehead atoms. The average Bonchev–Trinajstić information content (AvgIpc) is 3.11. The number of halogens is 2. The molecule has 0 aliphatic heterocycles. The highest BCUT2D eigenvalue weighted by atomic mass is 79.9. The quantitative estimate of drug-likeness (QED) is 0.647. The predicted octanol–water partition coefficient (Wildman–Crippen LogP) is 3.57. The number of alkyl halides is 1. The Morgan fingerprint density at radius 1 is 1.24 bits per heavy atom. The molecule has 0 amide bonds. The van der Waals surface area contributed by atoms with Gasteiger partial charge in [-0.2, -0.15) is 0 Å². The molecule has 0 unspecified atom stereocenters. The van der Waals surface area contributed by atoms with Gasteiger partial charge in [0.2, 0.25) is 5.89 Å². The van der Waals surface area contributed by atoms with Crippen molar-refractivity contribution >= 4 is 27.5 Å². The van der Waals surface area contributed by atoms with Crippen LogP contribution in [0.1, 0.15) is 11.6 Å². The molecule has 0 radical (unpaired) electrons. The number of hydrogen-bond acceptors (Lipinski definition) is 4. The van der Waals surface area contributed by atoms with Crippen molar-refractivity contribution in [2.24, 2.45) is 0 Å². The van der Waals surface area contributed by atoms with Crippen LogP contribution in [0.15, 0.2) is 41.1 Å². The molecule has 21 heavy (non-hydrogen) atoms. The Morgan fingerprint density at radius 3 is 2.81 bits per heavy atom. The molecule has 3 aromatic rings. The summed E-state index contributed by atoms with van der Waals surface area (Å²) in [4.78, 5) is 4.27. The Labute approximate surface area is 135 Å². The van der Waals surface area contributed by atoms with Crippen LogP contribution in [0.3, 0.4) is 0 Å². The first kappa shape index (κ1) is 14.3. The van der Waals surface area contributed by atoms with Crippen molar-refractivity contribution in [1.82, 2.24) is 20.0 Å². The van der Waals surface area contributed by atoms with Gasteiger partial charge < -0.3 is 4.42 Å². The summed E-state index contributed by atoms with van der Waals surface area (Å²) in [6, 6.07) is 7.44. The highest BCUT2D eigenvalue weighted by Crippen LogP contribution is 2.22. The summed E-state index contributed by atoms with van der Waals surface area (Å²) in [5, 5.41) is 9.69. The van der Waals surface area contributed by atoms with Crippen LogP contribution in [0.2, 0.25) is 5.02 Å². The van der Waals surface area contributed by atoms with Gasteiger partial charge in [0.1, 0.15) is 6.54 Å². The second-order valence-electron chi connectivity index (χ2n) is 4.47. The average molecular weight is 368 g/mol. The fraction of sp³-hybridized carbons (Fsp3) is 0.214. The summed E-state index contributed by atoms with van der Waals surface area (Å²) < 4.78 is 7.45. The lowest BCUT2D eigenvalue weighted by Crippen LogP contribution is -2.00. The van der Waals surface area contributed by atoms with Crippen LogP contribution >= 0.6 is 27.5 Å². The van der Waals surface area contributed by atoms with Crippen LogP contribution in [0.4, 0.5) is 0 Å². The van der Waals surface area contributed by atoms with E-state index < -0.39 is 0 Å². The monoisotopic (exact) mass is 366 g/mol. The lowest BCUT2D eigenvalue weighted by atomic mass is 10.2. The lowest BCUT2D eigenvalue weighted by molar-refractivity contribution is 0.469. The van der Waals surface area contributed by atoms with Crippen LogP contribution in [-0.4, -0.2) is 25.3 Å². The Kier molecular flexibility index (Phi) is 4.36. The number of hydrogen-bond donors (Lipinski definition) is 0. The molecule has 5 nitrogen and oxygen atoms in total. The Balaban J connectivity index is 1.73. The number of aromatic nitrogens is 4. The van der Waals surface area contributed by atoms with Gasteiger partial charge >= 0.3 is 0 Å². The maximum atomic E-state index is 5.87. The van der Waals surface area contributed by atoms with Crippen molar-refractivity contribution in [3.63, 3.8) is 0 Å². The second-order valence-corrected chi connectivity index (χ2v) is 5.70. The molecule has 7 heteroatoms. The first-order chi connectivity index (χ1) is 10.2. The number of aryl methyl sites for hydroxylation is 1. The lowest BCUT2D eigenvalue weighted by Gasteiger charge is -1.97. The molecular weight excluding hydrogens is 356 g/mol. The van der Waals surface area contributed by atoms with Gasteiger partial charge in [0.25, 0.3) is 0 Å². The maximum absolute atomic E-state index is 5.87. The Bertz CT molecular complexity index is 723. The molecule has 2 heterocycles. The third-order valence-electron chi connectivity index (χ3n) is 2.92. The maximum Gasteiger partial charge on any atom is 0.216 e. The van der Waals surface area contributed by atoms with Crippen molar-refractivity contribution in [3.05, 3.63) is 53.3 Å².